The number of urea groups is 1. The third-order valence-electron chi connectivity index (χ3n) is 2.72. The van der Waals surface area contributed by atoms with Gasteiger partial charge in [-0.15, -0.1) is 0 Å². The molecule has 2 amide bonds. The lowest BCUT2D eigenvalue weighted by Gasteiger charge is -2.31. The van der Waals surface area contributed by atoms with Crippen LogP contribution in [0.5, 0.6) is 0 Å². The molecule has 0 atom stereocenters. The summed E-state index contributed by atoms with van der Waals surface area (Å²) < 4.78 is 0. The van der Waals surface area contributed by atoms with Crippen molar-refractivity contribution >= 4 is 23.8 Å². The maximum Gasteiger partial charge on any atom is 0.329 e. The fourth-order valence-corrected chi connectivity index (χ4v) is 1.58. The summed E-state index contributed by atoms with van der Waals surface area (Å²) in [5.41, 5.74) is -1.19. The van der Waals surface area contributed by atoms with Crippen LogP contribution in [0.1, 0.15) is 26.7 Å². The Morgan fingerprint density at radius 3 is 2.41 bits per heavy atom. The standard InChI is InChI=1S/C11H22N2O3S/c1-11(2,9(14)15)13(3)10(16)12-7-5-6-8-17-4/h5-8H2,1-4H3,(H,12,16)(H,14,15). The van der Waals surface area contributed by atoms with E-state index >= 15 is 0 Å². The minimum absolute atomic E-state index is 0.346. The lowest BCUT2D eigenvalue weighted by atomic mass is 10.1. The molecule has 0 rings (SSSR count). The second-order valence-corrected chi connectivity index (χ2v) is 5.34. The average molecular weight is 262 g/mol. The van der Waals surface area contributed by atoms with Crippen LogP contribution in [-0.4, -0.2) is 53.1 Å². The number of likely N-dealkylation sites (N-methyl/N-ethyl adjacent to an activating group) is 1. The molecule has 100 valence electrons. The second-order valence-electron chi connectivity index (χ2n) is 4.36. The number of hydrogen-bond acceptors (Lipinski definition) is 3. The van der Waals surface area contributed by atoms with Crippen molar-refractivity contribution in [1.29, 1.82) is 0 Å². The number of unbranched alkanes of at least 4 members (excludes halogenated alkanes) is 1. The van der Waals surface area contributed by atoms with E-state index < -0.39 is 11.5 Å². The van der Waals surface area contributed by atoms with Gasteiger partial charge in [0.15, 0.2) is 0 Å². The van der Waals surface area contributed by atoms with Crippen LogP contribution < -0.4 is 5.32 Å². The van der Waals surface area contributed by atoms with Crippen LogP contribution in [0.25, 0.3) is 0 Å². The number of carbonyl (C=O) groups is 2. The van der Waals surface area contributed by atoms with Crippen molar-refractivity contribution in [1.82, 2.24) is 10.2 Å². The third-order valence-corrected chi connectivity index (χ3v) is 3.41. The largest absolute Gasteiger partial charge is 0.480 e. The molecule has 0 saturated carbocycles. The Kier molecular flexibility index (Phi) is 7.03. The number of aliphatic carboxylic acids is 1. The number of thioether (sulfide) groups is 1. The van der Waals surface area contributed by atoms with Crippen LogP contribution in [0.15, 0.2) is 0 Å². The summed E-state index contributed by atoms with van der Waals surface area (Å²) in [5, 5.41) is 11.7. The molecule has 0 spiro atoms. The van der Waals surface area contributed by atoms with Crippen molar-refractivity contribution in [2.24, 2.45) is 0 Å². The van der Waals surface area contributed by atoms with Crippen LogP contribution in [-0.2, 0) is 4.79 Å². The van der Waals surface area contributed by atoms with Crippen molar-refractivity contribution in [3.63, 3.8) is 0 Å². The first-order chi connectivity index (χ1) is 7.84. The SMILES string of the molecule is CSCCCCNC(=O)N(C)C(C)(C)C(=O)O. The molecule has 0 aromatic heterocycles. The van der Waals surface area contributed by atoms with Gasteiger partial charge in [0.05, 0.1) is 0 Å². The Morgan fingerprint density at radius 2 is 1.94 bits per heavy atom. The van der Waals surface area contributed by atoms with Gasteiger partial charge in [-0.05, 0) is 38.7 Å². The van der Waals surface area contributed by atoms with Crippen molar-refractivity contribution in [2.45, 2.75) is 32.2 Å². The van der Waals surface area contributed by atoms with Gasteiger partial charge in [0, 0.05) is 13.6 Å². The summed E-state index contributed by atoms with van der Waals surface area (Å²) in [5.74, 6) is 0.0595. The van der Waals surface area contributed by atoms with E-state index in [1.807, 2.05) is 6.26 Å². The zero-order valence-corrected chi connectivity index (χ0v) is 11.8. The predicted octanol–water partition coefficient (Wildman–Crippen LogP) is 1.63. The molecular weight excluding hydrogens is 240 g/mol. The van der Waals surface area contributed by atoms with Crippen molar-refractivity contribution in [3.05, 3.63) is 0 Å². The van der Waals surface area contributed by atoms with Gasteiger partial charge in [-0.3, -0.25) is 0 Å². The Morgan fingerprint density at radius 1 is 1.35 bits per heavy atom. The van der Waals surface area contributed by atoms with Gasteiger partial charge in [-0.1, -0.05) is 0 Å². The highest BCUT2D eigenvalue weighted by molar-refractivity contribution is 7.98. The molecule has 2 N–H and O–H groups in total. The molecule has 0 saturated heterocycles. The minimum Gasteiger partial charge on any atom is -0.480 e. The smallest absolute Gasteiger partial charge is 0.329 e. The molecule has 0 fully saturated rings. The number of carbonyl (C=O) groups excluding carboxylic acids is 1. The number of hydrogen-bond donors (Lipinski definition) is 2. The number of carboxylic acid groups (broad SMARTS) is 1. The summed E-state index contributed by atoms with van der Waals surface area (Å²) in [6.07, 6.45) is 4.00. The molecule has 5 nitrogen and oxygen atoms in total. The predicted molar refractivity (Wildman–Crippen MR) is 70.5 cm³/mol. The van der Waals surface area contributed by atoms with Gasteiger partial charge in [-0.2, -0.15) is 11.8 Å². The molecule has 6 heteroatoms. The monoisotopic (exact) mass is 262 g/mol. The molecule has 0 aliphatic heterocycles. The zero-order valence-electron chi connectivity index (χ0n) is 10.9. The number of carboxylic acids is 1. The van der Waals surface area contributed by atoms with E-state index in [-0.39, 0.29) is 6.03 Å². The quantitative estimate of drug-likeness (QED) is 0.684. The molecule has 0 heterocycles. The normalized spacial score (nSPS) is 11.1. The van der Waals surface area contributed by atoms with Gasteiger partial charge >= 0.3 is 12.0 Å². The van der Waals surface area contributed by atoms with Crippen LogP contribution in [0.3, 0.4) is 0 Å². The molecule has 0 radical (unpaired) electrons. The Hall–Kier alpha value is -0.910. The fraction of sp³-hybridized carbons (Fsp3) is 0.818. The first-order valence-corrected chi connectivity index (χ1v) is 6.97. The summed E-state index contributed by atoms with van der Waals surface area (Å²) in [6, 6.07) is -0.346. The van der Waals surface area contributed by atoms with E-state index in [9.17, 15) is 9.59 Å². The van der Waals surface area contributed by atoms with Crippen molar-refractivity contribution < 1.29 is 14.7 Å². The summed E-state index contributed by atoms with van der Waals surface area (Å²) >= 11 is 1.77. The average Bonchev–Trinajstić information content (AvgIpc) is 2.27. The Bertz CT molecular complexity index is 269. The van der Waals surface area contributed by atoms with E-state index in [1.54, 1.807) is 11.8 Å². The molecule has 0 aromatic carbocycles. The number of rotatable bonds is 7. The highest BCUT2D eigenvalue weighted by Crippen LogP contribution is 2.12. The molecule has 17 heavy (non-hydrogen) atoms. The van der Waals surface area contributed by atoms with Gasteiger partial charge in [0.2, 0.25) is 0 Å². The first kappa shape index (κ1) is 16.1. The lowest BCUT2D eigenvalue weighted by Crippen LogP contribution is -2.54. The molecule has 0 aromatic rings. The zero-order chi connectivity index (χ0) is 13.5. The third kappa shape index (κ3) is 5.30. The summed E-state index contributed by atoms with van der Waals surface area (Å²) in [7, 11) is 1.49. The van der Waals surface area contributed by atoms with Crippen LogP contribution in [0, 0.1) is 0 Å². The number of nitrogens with one attached hydrogen (secondary N) is 1. The van der Waals surface area contributed by atoms with E-state index in [0.717, 1.165) is 18.6 Å². The first-order valence-electron chi connectivity index (χ1n) is 5.58. The van der Waals surface area contributed by atoms with Crippen LogP contribution >= 0.6 is 11.8 Å². The molecule has 0 aliphatic carbocycles. The van der Waals surface area contributed by atoms with Gasteiger partial charge in [-0.25, -0.2) is 9.59 Å². The molecule has 0 unspecified atom stereocenters. The van der Waals surface area contributed by atoms with Gasteiger partial charge in [0.25, 0.3) is 0 Å². The van der Waals surface area contributed by atoms with Crippen LogP contribution in [0.2, 0.25) is 0 Å². The Labute approximate surface area is 107 Å². The molecule has 0 aliphatic rings. The highest BCUT2D eigenvalue weighted by atomic mass is 32.2. The molecule has 0 bridgehead atoms. The minimum atomic E-state index is -1.19. The maximum atomic E-state index is 11.7. The molecular formula is C11H22N2O3S. The van der Waals surface area contributed by atoms with Crippen LogP contribution in [0.4, 0.5) is 4.79 Å². The number of amides is 2. The number of nitrogens with zero attached hydrogens (tertiary/aromatic N) is 1. The summed E-state index contributed by atoms with van der Waals surface area (Å²) in [6.45, 7) is 3.59. The topological polar surface area (TPSA) is 69.6 Å². The van der Waals surface area contributed by atoms with E-state index in [1.165, 1.54) is 25.8 Å². The van der Waals surface area contributed by atoms with E-state index in [0.29, 0.717) is 6.54 Å². The summed E-state index contributed by atoms with van der Waals surface area (Å²) in [4.78, 5) is 23.8. The van der Waals surface area contributed by atoms with E-state index in [2.05, 4.69) is 5.32 Å². The van der Waals surface area contributed by atoms with Crippen molar-refractivity contribution in [3.8, 4) is 0 Å². The van der Waals surface area contributed by atoms with Gasteiger partial charge < -0.3 is 15.3 Å². The maximum absolute atomic E-state index is 11.7. The lowest BCUT2D eigenvalue weighted by molar-refractivity contribution is -0.146. The fourth-order valence-electron chi connectivity index (χ4n) is 1.08. The van der Waals surface area contributed by atoms with Gasteiger partial charge in [0.1, 0.15) is 5.54 Å². The van der Waals surface area contributed by atoms with Crippen molar-refractivity contribution in [2.75, 3.05) is 25.6 Å². The second kappa shape index (κ2) is 7.42. The van der Waals surface area contributed by atoms with E-state index in [4.69, 9.17) is 5.11 Å². The Balaban J connectivity index is 4.02. The highest BCUT2D eigenvalue weighted by Gasteiger charge is 2.34.